The topological polar surface area (TPSA) is 29.5 Å². The Hall–Kier alpha value is -1.44. The molecule has 1 N–H and O–H groups in total. The summed E-state index contributed by atoms with van der Waals surface area (Å²) in [5.41, 5.74) is 3.32. The summed E-state index contributed by atoms with van der Waals surface area (Å²) >= 11 is 0. The number of fused-ring (bicyclic) bond motifs is 3. The van der Waals surface area contributed by atoms with Crippen molar-refractivity contribution >= 4 is 0 Å². The maximum Gasteiger partial charge on any atom is 0.127 e. The zero-order chi connectivity index (χ0) is 13.8. The Labute approximate surface area is 115 Å². The lowest BCUT2D eigenvalue weighted by Gasteiger charge is -2.47. The molecule has 0 radical (unpaired) electrons. The van der Waals surface area contributed by atoms with E-state index in [0.29, 0.717) is 17.6 Å². The van der Waals surface area contributed by atoms with Gasteiger partial charge in [-0.25, -0.2) is 0 Å². The molecule has 2 unspecified atom stereocenters. The van der Waals surface area contributed by atoms with Crippen molar-refractivity contribution in [2.45, 2.75) is 52.1 Å². The zero-order valence-corrected chi connectivity index (χ0v) is 12.2. The van der Waals surface area contributed by atoms with Crippen LogP contribution >= 0.6 is 0 Å². The summed E-state index contributed by atoms with van der Waals surface area (Å²) in [5, 5.41) is 10.3. The quantitative estimate of drug-likeness (QED) is 0.703. The standard InChI is InChI=1S/C17H22O2/c1-10-5-6-13-12(7-10)16-14(18)8-11(2)9-15(16)19-17(13,3)4/h5,8-9,12-13,18H,6-7H2,1-4H3. The number of aryl methyl sites for hydroxylation is 1. The zero-order valence-electron chi connectivity index (χ0n) is 12.2. The number of rotatable bonds is 0. The summed E-state index contributed by atoms with van der Waals surface area (Å²) in [7, 11) is 0. The van der Waals surface area contributed by atoms with Gasteiger partial charge in [-0.2, -0.15) is 0 Å². The molecule has 0 spiro atoms. The van der Waals surface area contributed by atoms with Crippen molar-refractivity contribution in [3.8, 4) is 11.5 Å². The second-order valence-electron chi connectivity index (χ2n) is 6.60. The summed E-state index contributed by atoms with van der Waals surface area (Å²) < 4.78 is 6.20. The Morgan fingerprint density at radius 2 is 2.00 bits per heavy atom. The van der Waals surface area contributed by atoms with Crippen LogP contribution in [0.1, 0.15) is 50.7 Å². The summed E-state index contributed by atoms with van der Waals surface area (Å²) in [6.45, 7) is 8.51. The molecule has 0 aromatic heterocycles. The van der Waals surface area contributed by atoms with Crippen molar-refractivity contribution in [2.24, 2.45) is 5.92 Å². The van der Waals surface area contributed by atoms with Gasteiger partial charge < -0.3 is 9.84 Å². The van der Waals surface area contributed by atoms with Crippen LogP contribution in [0.15, 0.2) is 23.8 Å². The Morgan fingerprint density at radius 1 is 1.26 bits per heavy atom. The minimum absolute atomic E-state index is 0.172. The maximum atomic E-state index is 10.3. The molecule has 0 amide bonds. The van der Waals surface area contributed by atoms with Crippen molar-refractivity contribution in [1.82, 2.24) is 0 Å². The van der Waals surface area contributed by atoms with E-state index in [4.69, 9.17) is 4.74 Å². The minimum atomic E-state index is -0.172. The maximum absolute atomic E-state index is 10.3. The molecule has 1 aromatic rings. The first-order chi connectivity index (χ1) is 8.88. The molecule has 2 atom stereocenters. The van der Waals surface area contributed by atoms with E-state index in [1.807, 2.05) is 13.0 Å². The van der Waals surface area contributed by atoms with Crippen LogP contribution in [-0.4, -0.2) is 10.7 Å². The first-order valence-electron chi connectivity index (χ1n) is 7.06. The number of hydrogen-bond donors (Lipinski definition) is 1. The number of aromatic hydroxyl groups is 1. The van der Waals surface area contributed by atoms with Crippen LogP contribution in [0.4, 0.5) is 0 Å². The molecule has 1 heterocycles. The molecule has 3 rings (SSSR count). The number of hydrogen-bond acceptors (Lipinski definition) is 2. The minimum Gasteiger partial charge on any atom is -0.508 e. The monoisotopic (exact) mass is 258 g/mol. The Bertz CT molecular complexity index is 555. The number of phenols is 1. The lowest BCUT2D eigenvalue weighted by atomic mass is 9.67. The summed E-state index contributed by atoms with van der Waals surface area (Å²) in [5.74, 6) is 2.09. The molecule has 0 fully saturated rings. The van der Waals surface area contributed by atoms with Crippen LogP contribution in [0.2, 0.25) is 0 Å². The molecule has 2 nitrogen and oxygen atoms in total. The van der Waals surface area contributed by atoms with Gasteiger partial charge in [-0.1, -0.05) is 11.6 Å². The molecule has 0 saturated heterocycles. The third-order valence-electron chi connectivity index (χ3n) is 4.65. The molecule has 102 valence electrons. The van der Waals surface area contributed by atoms with E-state index in [0.717, 1.165) is 29.7 Å². The van der Waals surface area contributed by atoms with Crippen molar-refractivity contribution in [3.63, 3.8) is 0 Å². The molecule has 19 heavy (non-hydrogen) atoms. The van der Waals surface area contributed by atoms with Gasteiger partial charge in [0.2, 0.25) is 0 Å². The number of allylic oxidation sites excluding steroid dienone is 2. The Balaban J connectivity index is 2.17. The van der Waals surface area contributed by atoms with Gasteiger partial charge in [0, 0.05) is 17.4 Å². The Morgan fingerprint density at radius 3 is 2.74 bits per heavy atom. The first kappa shape index (κ1) is 12.6. The van der Waals surface area contributed by atoms with Gasteiger partial charge in [0.25, 0.3) is 0 Å². The normalized spacial score (nSPS) is 27.9. The second-order valence-corrected chi connectivity index (χ2v) is 6.60. The van der Waals surface area contributed by atoms with E-state index in [9.17, 15) is 5.11 Å². The fraction of sp³-hybridized carbons (Fsp3) is 0.529. The highest BCUT2D eigenvalue weighted by Crippen LogP contribution is 2.53. The smallest absolute Gasteiger partial charge is 0.127 e. The van der Waals surface area contributed by atoms with E-state index in [2.05, 4.69) is 32.9 Å². The summed E-state index contributed by atoms with van der Waals surface area (Å²) in [6, 6.07) is 3.91. The van der Waals surface area contributed by atoms with Crippen LogP contribution in [0.3, 0.4) is 0 Å². The molecule has 1 aliphatic heterocycles. The third-order valence-corrected chi connectivity index (χ3v) is 4.65. The number of ether oxygens (including phenoxy) is 1. The molecule has 1 aliphatic carbocycles. The molecule has 0 bridgehead atoms. The molecular weight excluding hydrogens is 236 g/mol. The fourth-order valence-corrected chi connectivity index (χ4v) is 3.70. The van der Waals surface area contributed by atoms with Crippen LogP contribution in [0.5, 0.6) is 11.5 Å². The molecule has 0 saturated carbocycles. The number of phenolic OH excluding ortho intramolecular Hbond substituents is 1. The average Bonchev–Trinajstić information content (AvgIpc) is 2.25. The predicted octanol–water partition coefficient (Wildman–Crippen LogP) is 4.31. The highest BCUT2D eigenvalue weighted by molar-refractivity contribution is 5.52. The summed E-state index contributed by atoms with van der Waals surface area (Å²) in [4.78, 5) is 0. The van der Waals surface area contributed by atoms with E-state index in [1.165, 1.54) is 5.57 Å². The lowest BCUT2D eigenvalue weighted by molar-refractivity contribution is 0.00756. The van der Waals surface area contributed by atoms with Gasteiger partial charge in [-0.15, -0.1) is 0 Å². The van der Waals surface area contributed by atoms with Gasteiger partial charge >= 0.3 is 0 Å². The van der Waals surface area contributed by atoms with Crippen molar-refractivity contribution in [2.75, 3.05) is 0 Å². The molecule has 2 aliphatic rings. The van der Waals surface area contributed by atoms with E-state index in [-0.39, 0.29) is 5.60 Å². The second kappa shape index (κ2) is 4.03. The number of benzene rings is 1. The SMILES string of the molecule is CC1=CCC2C(C1)c1c(O)cc(C)cc1OC2(C)C. The lowest BCUT2D eigenvalue weighted by Crippen LogP contribution is -2.45. The van der Waals surface area contributed by atoms with E-state index >= 15 is 0 Å². The highest BCUT2D eigenvalue weighted by Gasteiger charge is 2.45. The van der Waals surface area contributed by atoms with Crippen molar-refractivity contribution in [3.05, 3.63) is 34.9 Å². The van der Waals surface area contributed by atoms with Crippen molar-refractivity contribution < 1.29 is 9.84 Å². The average molecular weight is 258 g/mol. The van der Waals surface area contributed by atoms with Gasteiger partial charge in [-0.05, 0) is 58.2 Å². The third kappa shape index (κ3) is 1.94. The van der Waals surface area contributed by atoms with Crippen LogP contribution in [0, 0.1) is 12.8 Å². The van der Waals surface area contributed by atoms with E-state index < -0.39 is 0 Å². The largest absolute Gasteiger partial charge is 0.508 e. The van der Waals surface area contributed by atoms with Gasteiger partial charge in [0.15, 0.2) is 0 Å². The summed E-state index contributed by atoms with van der Waals surface area (Å²) in [6.07, 6.45) is 4.39. The predicted molar refractivity (Wildman–Crippen MR) is 76.8 cm³/mol. The fourth-order valence-electron chi connectivity index (χ4n) is 3.70. The Kier molecular flexibility index (Phi) is 2.67. The van der Waals surface area contributed by atoms with Crippen LogP contribution < -0.4 is 4.74 Å². The van der Waals surface area contributed by atoms with E-state index in [1.54, 1.807) is 0 Å². The molecular formula is C17H22O2. The highest BCUT2D eigenvalue weighted by atomic mass is 16.5. The van der Waals surface area contributed by atoms with Gasteiger partial charge in [0.05, 0.1) is 0 Å². The van der Waals surface area contributed by atoms with Crippen molar-refractivity contribution in [1.29, 1.82) is 0 Å². The van der Waals surface area contributed by atoms with Crippen LogP contribution in [-0.2, 0) is 0 Å². The molecule has 2 heteroatoms. The van der Waals surface area contributed by atoms with Gasteiger partial charge in [-0.3, -0.25) is 0 Å². The molecule has 1 aromatic carbocycles. The van der Waals surface area contributed by atoms with Gasteiger partial charge in [0.1, 0.15) is 17.1 Å². The first-order valence-corrected chi connectivity index (χ1v) is 7.06. The van der Waals surface area contributed by atoms with Crippen LogP contribution in [0.25, 0.3) is 0 Å².